The third kappa shape index (κ3) is 4.93. The van der Waals surface area contributed by atoms with Gasteiger partial charge < -0.3 is 15.2 Å². The molecular formula is C20H23Br2ClN4. The summed E-state index contributed by atoms with van der Waals surface area (Å²) < 4.78 is 4.25. The number of para-hydroxylation sites is 1. The predicted octanol–water partition coefficient (Wildman–Crippen LogP) is 5.41. The zero-order valence-electron chi connectivity index (χ0n) is 15.4. The topological polar surface area (TPSA) is 47.1 Å². The molecule has 0 bridgehead atoms. The van der Waals surface area contributed by atoms with Crippen molar-refractivity contribution in [1.29, 1.82) is 0 Å². The number of rotatable bonds is 7. The minimum atomic E-state index is -0.208. The number of aromatic nitrogens is 2. The summed E-state index contributed by atoms with van der Waals surface area (Å²) in [5.74, 6) is 0.885. The van der Waals surface area contributed by atoms with Gasteiger partial charge in [-0.3, -0.25) is 0 Å². The lowest BCUT2D eigenvalue weighted by Gasteiger charge is -2.17. The van der Waals surface area contributed by atoms with Crippen LogP contribution in [0.1, 0.15) is 23.9 Å². The van der Waals surface area contributed by atoms with Gasteiger partial charge in [-0.05, 0) is 95.2 Å². The maximum absolute atomic E-state index is 6.60. The molecule has 1 unspecified atom stereocenters. The number of benzene rings is 2. The number of aryl methyl sites for hydroxylation is 1. The molecule has 1 aromatic heterocycles. The number of nitrogens with zero attached hydrogens (tertiary/aromatic N) is 3. The van der Waals surface area contributed by atoms with Crippen LogP contribution < -0.4 is 5.73 Å². The Bertz CT molecular complexity index is 939. The molecule has 0 spiro atoms. The van der Waals surface area contributed by atoms with Crippen molar-refractivity contribution >= 4 is 54.5 Å². The van der Waals surface area contributed by atoms with E-state index in [1.54, 1.807) is 0 Å². The Balaban J connectivity index is 1.93. The van der Waals surface area contributed by atoms with Crippen LogP contribution in [-0.2, 0) is 13.0 Å². The van der Waals surface area contributed by atoms with E-state index in [0.29, 0.717) is 6.42 Å². The summed E-state index contributed by atoms with van der Waals surface area (Å²) in [6.07, 6.45) is 1.72. The van der Waals surface area contributed by atoms with Crippen LogP contribution in [0, 0.1) is 0 Å². The molecule has 2 N–H and O–H groups in total. The lowest BCUT2D eigenvalue weighted by atomic mass is 10.1. The normalized spacial score (nSPS) is 12.9. The van der Waals surface area contributed by atoms with Crippen molar-refractivity contribution in [3.63, 3.8) is 0 Å². The highest BCUT2D eigenvalue weighted by Gasteiger charge is 2.19. The Morgan fingerprint density at radius 3 is 2.67 bits per heavy atom. The molecule has 3 aromatic rings. The summed E-state index contributed by atoms with van der Waals surface area (Å²) >= 11 is 13.6. The number of hydrogen-bond acceptors (Lipinski definition) is 3. The van der Waals surface area contributed by atoms with E-state index in [0.717, 1.165) is 55.9 Å². The Kier molecular flexibility index (Phi) is 6.98. The van der Waals surface area contributed by atoms with Gasteiger partial charge in [-0.15, -0.1) is 0 Å². The molecule has 0 saturated carbocycles. The molecule has 0 radical (unpaired) electrons. The smallest absolute Gasteiger partial charge is 0.127 e. The standard InChI is InChI=1S/C20H23Br2ClN4/c1-26(2)9-4-10-27-19-16(23)5-3-6-18(19)25-20(27)17(24)12-13-7-8-14(21)15(22)11-13/h3,5-8,11,17H,4,9-10,12,24H2,1-2H3. The van der Waals surface area contributed by atoms with Crippen molar-refractivity contribution in [2.75, 3.05) is 20.6 Å². The monoisotopic (exact) mass is 512 g/mol. The highest BCUT2D eigenvalue weighted by Crippen LogP contribution is 2.29. The molecular weight excluding hydrogens is 492 g/mol. The second kappa shape index (κ2) is 9.05. The van der Waals surface area contributed by atoms with Crippen molar-refractivity contribution in [2.45, 2.75) is 25.4 Å². The van der Waals surface area contributed by atoms with Gasteiger partial charge in [0.15, 0.2) is 0 Å². The molecule has 0 aliphatic carbocycles. The molecule has 27 heavy (non-hydrogen) atoms. The van der Waals surface area contributed by atoms with Crippen LogP contribution in [0.15, 0.2) is 45.3 Å². The number of imidazole rings is 1. The predicted molar refractivity (Wildman–Crippen MR) is 120 cm³/mol. The van der Waals surface area contributed by atoms with Crippen LogP contribution in [0.25, 0.3) is 11.0 Å². The van der Waals surface area contributed by atoms with E-state index in [-0.39, 0.29) is 6.04 Å². The van der Waals surface area contributed by atoms with Gasteiger partial charge in [0.05, 0.1) is 22.1 Å². The first-order valence-electron chi connectivity index (χ1n) is 8.85. The zero-order valence-corrected chi connectivity index (χ0v) is 19.4. The molecule has 0 fully saturated rings. The molecule has 7 heteroatoms. The van der Waals surface area contributed by atoms with Crippen LogP contribution in [0.5, 0.6) is 0 Å². The summed E-state index contributed by atoms with van der Waals surface area (Å²) in [6, 6.07) is 11.8. The van der Waals surface area contributed by atoms with E-state index in [1.807, 2.05) is 24.3 Å². The highest BCUT2D eigenvalue weighted by atomic mass is 79.9. The van der Waals surface area contributed by atoms with Gasteiger partial charge in [0, 0.05) is 15.5 Å². The van der Waals surface area contributed by atoms with Crippen molar-refractivity contribution in [3.8, 4) is 0 Å². The number of fused-ring (bicyclic) bond motifs is 1. The molecule has 4 nitrogen and oxygen atoms in total. The summed E-state index contributed by atoms with van der Waals surface area (Å²) in [6.45, 7) is 1.84. The van der Waals surface area contributed by atoms with Crippen LogP contribution in [0.2, 0.25) is 5.02 Å². The fraction of sp³-hybridized carbons (Fsp3) is 0.350. The average Bonchev–Trinajstić information content (AvgIpc) is 2.98. The summed E-state index contributed by atoms with van der Waals surface area (Å²) in [7, 11) is 4.16. The summed E-state index contributed by atoms with van der Waals surface area (Å²) in [4.78, 5) is 7.01. The van der Waals surface area contributed by atoms with Gasteiger partial charge in [-0.2, -0.15) is 0 Å². The molecule has 144 valence electrons. The van der Waals surface area contributed by atoms with Crippen molar-refractivity contribution in [1.82, 2.24) is 14.5 Å². The lowest BCUT2D eigenvalue weighted by Crippen LogP contribution is -2.21. The Labute approximate surface area is 182 Å². The molecule has 0 amide bonds. The second-order valence-electron chi connectivity index (χ2n) is 6.95. The first-order valence-corrected chi connectivity index (χ1v) is 10.8. The van der Waals surface area contributed by atoms with Crippen LogP contribution in [0.3, 0.4) is 0 Å². The van der Waals surface area contributed by atoms with Gasteiger partial charge in [0.1, 0.15) is 5.82 Å². The first-order chi connectivity index (χ1) is 12.9. The maximum atomic E-state index is 6.60. The number of halogens is 3. The summed E-state index contributed by atoms with van der Waals surface area (Å²) in [5, 5.41) is 0.717. The molecule has 2 aromatic carbocycles. The largest absolute Gasteiger partial charge is 0.325 e. The van der Waals surface area contributed by atoms with E-state index in [9.17, 15) is 0 Å². The Morgan fingerprint density at radius 1 is 1.19 bits per heavy atom. The minimum Gasteiger partial charge on any atom is -0.325 e. The molecule has 0 saturated heterocycles. The molecule has 0 aliphatic rings. The van der Waals surface area contributed by atoms with Gasteiger partial charge in [-0.25, -0.2) is 4.98 Å². The Hall–Kier alpha value is -0.920. The van der Waals surface area contributed by atoms with Crippen molar-refractivity contribution in [2.24, 2.45) is 5.73 Å². The van der Waals surface area contributed by atoms with E-state index in [4.69, 9.17) is 22.3 Å². The van der Waals surface area contributed by atoms with Gasteiger partial charge in [-0.1, -0.05) is 23.7 Å². The van der Waals surface area contributed by atoms with Crippen molar-refractivity contribution < 1.29 is 0 Å². The fourth-order valence-corrected chi connectivity index (χ4v) is 4.17. The maximum Gasteiger partial charge on any atom is 0.127 e. The SMILES string of the molecule is CN(C)CCCn1c(C(N)Cc2ccc(Br)c(Br)c2)nc2cccc(Cl)c21. The second-order valence-corrected chi connectivity index (χ2v) is 9.06. The number of hydrogen-bond donors (Lipinski definition) is 1. The van der Waals surface area contributed by atoms with Gasteiger partial charge in [0.2, 0.25) is 0 Å². The summed E-state index contributed by atoms with van der Waals surface area (Å²) in [5.41, 5.74) is 9.63. The Morgan fingerprint density at radius 2 is 1.96 bits per heavy atom. The third-order valence-electron chi connectivity index (χ3n) is 4.51. The molecule has 1 atom stereocenters. The molecule has 3 rings (SSSR count). The van der Waals surface area contributed by atoms with Crippen LogP contribution in [-0.4, -0.2) is 35.1 Å². The molecule has 1 heterocycles. The van der Waals surface area contributed by atoms with E-state index in [2.05, 4.69) is 67.6 Å². The van der Waals surface area contributed by atoms with Crippen molar-refractivity contribution in [3.05, 3.63) is 61.8 Å². The van der Waals surface area contributed by atoms with E-state index >= 15 is 0 Å². The van der Waals surface area contributed by atoms with E-state index in [1.165, 1.54) is 0 Å². The lowest BCUT2D eigenvalue weighted by molar-refractivity contribution is 0.384. The fourth-order valence-electron chi connectivity index (χ4n) is 3.23. The van der Waals surface area contributed by atoms with Crippen LogP contribution >= 0.6 is 43.5 Å². The third-order valence-corrected chi connectivity index (χ3v) is 6.69. The van der Waals surface area contributed by atoms with E-state index < -0.39 is 0 Å². The quantitative estimate of drug-likeness (QED) is 0.459. The minimum absolute atomic E-state index is 0.208. The first kappa shape index (κ1) is 20.8. The highest BCUT2D eigenvalue weighted by molar-refractivity contribution is 9.13. The average molecular weight is 515 g/mol. The van der Waals surface area contributed by atoms with Gasteiger partial charge >= 0.3 is 0 Å². The van der Waals surface area contributed by atoms with Gasteiger partial charge in [0.25, 0.3) is 0 Å². The van der Waals surface area contributed by atoms with Crippen LogP contribution in [0.4, 0.5) is 0 Å². The number of nitrogens with two attached hydrogens (primary N) is 1. The zero-order chi connectivity index (χ0) is 19.6. The molecule has 0 aliphatic heterocycles.